The van der Waals surface area contributed by atoms with Crippen molar-refractivity contribution in [3.05, 3.63) is 59.7 Å². The Balaban J connectivity index is 1.71. The predicted molar refractivity (Wildman–Crippen MR) is 106 cm³/mol. The van der Waals surface area contributed by atoms with Crippen LogP contribution in [0, 0.1) is 0 Å². The summed E-state index contributed by atoms with van der Waals surface area (Å²) in [5.41, 5.74) is 8.03. The number of carbonyl (C=O) groups excluding carboxylic acids is 3. The van der Waals surface area contributed by atoms with Crippen LogP contribution in [0.2, 0.25) is 0 Å². The predicted octanol–water partition coefficient (Wildman–Crippen LogP) is 1.93. The van der Waals surface area contributed by atoms with Gasteiger partial charge in [-0.25, -0.2) is 0 Å². The summed E-state index contributed by atoms with van der Waals surface area (Å²) in [5, 5.41) is 2.74. The van der Waals surface area contributed by atoms with E-state index < -0.39 is 17.7 Å². The Kier molecular flexibility index (Phi) is 6.06. The molecule has 2 amide bonds. The summed E-state index contributed by atoms with van der Waals surface area (Å²) in [4.78, 5) is 38.1. The fourth-order valence-electron chi connectivity index (χ4n) is 3.15. The first-order valence-electron chi connectivity index (χ1n) is 9.09. The molecule has 0 unspecified atom stereocenters. The van der Waals surface area contributed by atoms with Gasteiger partial charge in [-0.05, 0) is 36.8 Å². The molecule has 1 fully saturated rings. The number of nitrogens with two attached hydrogens (primary N) is 1. The van der Waals surface area contributed by atoms with Crippen molar-refractivity contribution in [1.29, 1.82) is 0 Å². The lowest BCUT2D eigenvalue weighted by molar-refractivity contribution is -0.127. The highest BCUT2D eigenvalue weighted by Gasteiger charge is 2.26. The van der Waals surface area contributed by atoms with Crippen molar-refractivity contribution in [2.24, 2.45) is 5.73 Å². The monoisotopic (exact) mass is 381 g/mol. The molecule has 28 heavy (non-hydrogen) atoms. The summed E-state index contributed by atoms with van der Waals surface area (Å²) in [7, 11) is 0. The Morgan fingerprint density at radius 3 is 2.14 bits per heavy atom. The Bertz CT molecular complexity index is 856. The van der Waals surface area contributed by atoms with Gasteiger partial charge < -0.3 is 20.7 Å². The molecule has 1 heterocycles. The van der Waals surface area contributed by atoms with Gasteiger partial charge >= 0.3 is 0 Å². The van der Waals surface area contributed by atoms with E-state index in [1.165, 1.54) is 6.92 Å². The molecule has 3 N–H and O–H groups in total. The van der Waals surface area contributed by atoms with Crippen LogP contribution in [0.1, 0.15) is 28.8 Å². The van der Waals surface area contributed by atoms with Crippen LogP contribution in [-0.2, 0) is 14.3 Å². The summed E-state index contributed by atoms with van der Waals surface area (Å²) in [6.07, 6.45) is 0. The smallest absolute Gasteiger partial charge is 0.241 e. The highest BCUT2D eigenvalue weighted by Crippen LogP contribution is 2.22. The number of Topliss-reactive ketones (excluding diaryl/α,β-unsaturated/α-hetero) is 1. The molecule has 0 aliphatic carbocycles. The SMILES string of the molecule is CC(=O)c1ccc([C@@H](C(N)=O)C(=O)Nc2ccc(N3CCOCC3)cc2)cc1. The molecule has 1 aliphatic rings. The maximum absolute atomic E-state index is 12.7. The van der Waals surface area contributed by atoms with Crippen molar-refractivity contribution in [2.75, 3.05) is 36.5 Å². The zero-order valence-electron chi connectivity index (χ0n) is 15.7. The van der Waals surface area contributed by atoms with Crippen LogP contribution in [0.4, 0.5) is 11.4 Å². The second kappa shape index (κ2) is 8.67. The molecule has 1 atom stereocenters. The number of morpholine rings is 1. The number of anilines is 2. The number of primary amides is 1. The summed E-state index contributed by atoms with van der Waals surface area (Å²) in [6, 6.07) is 13.7. The third-order valence-electron chi connectivity index (χ3n) is 4.71. The van der Waals surface area contributed by atoms with Crippen LogP contribution >= 0.6 is 0 Å². The van der Waals surface area contributed by atoms with Gasteiger partial charge in [0.1, 0.15) is 5.92 Å². The van der Waals surface area contributed by atoms with Gasteiger partial charge in [0.15, 0.2) is 5.78 Å². The molecule has 7 heteroatoms. The van der Waals surface area contributed by atoms with Gasteiger partial charge in [-0.1, -0.05) is 24.3 Å². The third kappa shape index (κ3) is 4.55. The van der Waals surface area contributed by atoms with Gasteiger partial charge in [-0.3, -0.25) is 14.4 Å². The number of hydrogen-bond donors (Lipinski definition) is 2. The number of ketones is 1. The lowest BCUT2D eigenvalue weighted by Gasteiger charge is -2.29. The molecule has 2 aromatic carbocycles. The second-order valence-corrected chi connectivity index (χ2v) is 6.65. The van der Waals surface area contributed by atoms with Crippen molar-refractivity contribution in [3.8, 4) is 0 Å². The quantitative estimate of drug-likeness (QED) is 0.588. The first-order chi connectivity index (χ1) is 13.5. The van der Waals surface area contributed by atoms with Crippen LogP contribution in [0.3, 0.4) is 0 Å². The van der Waals surface area contributed by atoms with E-state index in [1.54, 1.807) is 36.4 Å². The molecule has 7 nitrogen and oxygen atoms in total. The largest absolute Gasteiger partial charge is 0.378 e. The highest BCUT2D eigenvalue weighted by atomic mass is 16.5. The number of nitrogens with zero attached hydrogens (tertiary/aromatic N) is 1. The van der Waals surface area contributed by atoms with Crippen LogP contribution in [0.15, 0.2) is 48.5 Å². The summed E-state index contributed by atoms with van der Waals surface area (Å²) < 4.78 is 5.35. The van der Waals surface area contributed by atoms with E-state index in [0.29, 0.717) is 30.0 Å². The van der Waals surface area contributed by atoms with Crippen molar-refractivity contribution in [3.63, 3.8) is 0 Å². The Morgan fingerprint density at radius 2 is 1.61 bits per heavy atom. The van der Waals surface area contributed by atoms with E-state index in [1.807, 2.05) is 12.1 Å². The molecule has 1 aliphatic heterocycles. The minimum atomic E-state index is -1.14. The van der Waals surface area contributed by atoms with Gasteiger partial charge in [0.2, 0.25) is 11.8 Å². The molecule has 0 bridgehead atoms. The lowest BCUT2D eigenvalue weighted by atomic mass is 9.95. The van der Waals surface area contributed by atoms with Crippen molar-refractivity contribution < 1.29 is 19.1 Å². The zero-order valence-corrected chi connectivity index (χ0v) is 15.7. The summed E-state index contributed by atoms with van der Waals surface area (Å²) >= 11 is 0. The fourth-order valence-corrected chi connectivity index (χ4v) is 3.15. The molecule has 0 radical (unpaired) electrons. The van der Waals surface area contributed by atoms with E-state index in [9.17, 15) is 14.4 Å². The van der Waals surface area contributed by atoms with Gasteiger partial charge in [-0.2, -0.15) is 0 Å². The molecule has 1 saturated heterocycles. The molecule has 0 spiro atoms. The number of carbonyl (C=O) groups is 3. The highest BCUT2D eigenvalue weighted by molar-refractivity contribution is 6.10. The molecule has 0 saturated carbocycles. The minimum absolute atomic E-state index is 0.0908. The topological polar surface area (TPSA) is 102 Å². The lowest BCUT2D eigenvalue weighted by Crippen LogP contribution is -2.36. The first kappa shape index (κ1) is 19.6. The molecule has 3 rings (SSSR count). The van der Waals surface area contributed by atoms with Crippen molar-refractivity contribution in [1.82, 2.24) is 0 Å². The minimum Gasteiger partial charge on any atom is -0.378 e. The van der Waals surface area contributed by atoms with Crippen LogP contribution in [0.5, 0.6) is 0 Å². The maximum atomic E-state index is 12.7. The van der Waals surface area contributed by atoms with Crippen LogP contribution in [-0.4, -0.2) is 43.9 Å². The average molecular weight is 381 g/mol. The van der Waals surface area contributed by atoms with Crippen molar-refractivity contribution >= 4 is 29.0 Å². The Hall–Kier alpha value is -3.19. The van der Waals surface area contributed by atoms with E-state index in [0.717, 1.165) is 18.8 Å². The van der Waals surface area contributed by atoms with Crippen molar-refractivity contribution in [2.45, 2.75) is 12.8 Å². The van der Waals surface area contributed by atoms with Gasteiger partial charge in [0.05, 0.1) is 13.2 Å². The second-order valence-electron chi connectivity index (χ2n) is 6.65. The molecular formula is C21H23N3O4. The molecule has 146 valence electrons. The van der Waals surface area contributed by atoms with Crippen LogP contribution < -0.4 is 16.0 Å². The zero-order chi connectivity index (χ0) is 20.1. The van der Waals surface area contributed by atoms with Gasteiger partial charge in [0, 0.05) is 30.0 Å². The van der Waals surface area contributed by atoms with E-state index in [-0.39, 0.29) is 5.78 Å². The maximum Gasteiger partial charge on any atom is 0.241 e. The third-order valence-corrected chi connectivity index (χ3v) is 4.71. The van der Waals surface area contributed by atoms with Gasteiger partial charge in [-0.15, -0.1) is 0 Å². The van der Waals surface area contributed by atoms with Crippen LogP contribution in [0.25, 0.3) is 0 Å². The number of ether oxygens (including phenoxy) is 1. The Morgan fingerprint density at radius 1 is 1.00 bits per heavy atom. The number of hydrogen-bond acceptors (Lipinski definition) is 5. The first-order valence-corrected chi connectivity index (χ1v) is 9.09. The van der Waals surface area contributed by atoms with E-state index in [2.05, 4.69) is 10.2 Å². The number of rotatable bonds is 6. The molecule has 2 aromatic rings. The number of amides is 2. The normalized spacial score (nSPS) is 15.0. The van der Waals surface area contributed by atoms with E-state index in [4.69, 9.17) is 10.5 Å². The van der Waals surface area contributed by atoms with Gasteiger partial charge in [0.25, 0.3) is 0 Å². The summed E-state index contributed by atoms with van der Waals surface area (Å²) in [5.74, 6) is -2.49. The summed E-state index contributed by atoms with van der Waals surface area (Å²) in [6.45, 7) is 4.49. The fraction of sp³-hybridized carbons (Fsp3) is 0.286. The molecular weight excluding hydrogens is 358 g/mol. The molecule has 0 aromatic heterocycles. The number of nitrogens with one attached hydrogen (secondary N) is 1. The Labute approximate surface area is 163 Å². The average Bonchev–Trinajstić information content (AvgIpc) is 2.69. The van der Waals surface area contributed by atoms with E-state index >= 15 is 0 Å². The number of benzene rings is 2. The standard InChI is InChI=1S/C21H23N3O4/c1-14(25)15-2-4-16(5-3-15)19(20(22)26)21(27)23-17-6-8-18(9-7-17)24-10-12-28-13-11-24/h2-9,19H,10-13H2,1H3,(H2,22,26)(H,23,27)/t19-/m0/s1.